The Bertz CT molecular complexity index is 896. The quantitative estimate of drug-likeness (QED) is 0.688. The molecule has 0 aliphatic heterocycles. The summed E-state index contributed by atoms with van der Waals surface area (Å²) in [6, 6.07) is 10.6. The summed E-state index contributed by atoms with van der Waals surface area (Å²) in [7, 11) is -3.90. The Hall–Kier alpha value is -2.45. The zero-order valence-corrected chi connectivity index (χ0v) is 14.8. The molecule has 2 aromatic carbocycles. The van der Waals surface area contributed by atoms with E-state index in [1.807, 2.05) is 0 Å². The van der Waals surface area contributed by atoms with E-state index in [4.69, 9.17) is 5.73 Å². The molecule has 0 bridgehead atoms. The molecule has 6 nitrogen and oxygen atoms in total. The lowest BCUT2D eigenvalue weighted by Crippen LogP contribution is -2.41. The normalized spacial score (nSPS) is 15.3. The van der Waals surface area contributed by atoms with Gasteiger partial charge < -0.3 is 11.1 Å². The van der Waals surface area contributed by atoms with E-state index < -0.39 is 15.8 Å². The Kier molecular flexibility index (Phi) is 5.24. The highest BCUT2D eigenvalue weighted by Crippen LogP contribution is 2.32. The van der Waals surface area contributed by atoms with E-state index in [0.717, 1.165) is 25.0 Å². The van der Waals surface area contributed by atoms with E-state index in [-0.39, 0.29) is 28.1 Å². The van der Waals surface area contributed by atoms with Crippen molar-refractivity contribution in [2.24, 2.45) is 11.7 Å². The lowest BCUT2D eigenvalue weighted by molar-refractivity contribution is 0.0933. The number of carbonyl (C=O) groups is 1. The maximum atomic E-state index is 12.9. The number of hydrogen-bond donors (Lipinski definition) is 3. The molecule has 1 saturated carbocycles. The second-order valence-electron chi connectivity index (χ2n) is 6.29. The number of benzene rings is 2. The lowest BCUT2D eigenvalue weighted by atomic mass is 10.1. The number of rotatable bonds is 7. The van der Waals surface area contributed by atoms with Crippen LogP contribution in [0.2, 0.25) is 0 Å². The van der Waals surface area contributed by atoms with Crippen molar-refractivity contribution >= 4 is 21.6 Å². The molecule has 0 radical (unpaired) electrons. The van der Waals surface area contributed by atoms with Crippen molar-refractivity contribution in [2.75, 3.05) is 11.3 Å². The van der Waals surface area contributed by atoms with Crippen LogP contribution in [0.5, 0.6) is 0 Å². The van der Waals surface area contributed by atoms with Gasteiger partial charge in [0.15, 0.2) is 0 Å². The van der Waals surface area contributed by atoms with Crippen LogP contribution in [0.15, 0.2) is 53.4 Å². The summed E-state index contributed by atoms with van der Waals surface area (Å²) in [4.78, 5) is 12.3. The highest BCUT2D eigenvalue weighted by Gasteiger charge is 2.31. The molecule has 1 unspecified atom stereocenters. The molecule has 8 heteroatoms. The molecule has 1 amide bonds. The van der Waals surface area contributed by atoms with Crippen LogP contribution < -0.4 is 15.8 Å². The summed E-state index contributed by atoms with van der Waals surface area (Å²) in [5.74, 6) is -0.418. The molecule has 0 spiro atoms. The van der Waals surface area contributed by atoms with Gasteiger partial charge in [0.25, 0.3) is 15.9 Å². The van der Waals surface area contributed by atoms with Crippen molar-refractivity contribution in [3.8, 4) is 0 Å². The van der Waals surface area contributed by atoms with Gasteiger partial charge in [-0.2, -0.15) is 0 Å². The standard InChI is InChI=1S/C18H20FN3O3S/c19-14-6-8-15(9-7-14)22-26(24,25)16-3-1-2-13(10-16)18(23)21-17(11-20)12-4-5-12/h1-3,6-10,12,17,22H,4-5,11,20H2,(H,21,23). The van der Waals surface area contributed by atoms with E-state index >= 15 is 0 Å². The van der Waals surface area contributed by atoms with Gasteiger partial charge in [0.1, 0.15) is 5.82 Å². The summed E-state index contributed by atoms with van der Waals surface area (Å²) in [6.07, 6.45) is 2.08. The van der Waals surface area contributed by atoms with Crippen molar-refractivity contribution in [1.82, 2.24) is 5.32 Å². The Balaban J connectivity index is 1.76. The van der Waals surface area contributed by atoms with Crippen LogP contribution >= 0.6 is 0 Å². The Morgan fingerprint density at radius 2 is 1.88 bits per heavy atom. The predicted molar refractivity (Wildman–Crippen MR) is 96.7 cm³/mol. The van der Waals surface area contributed by atoms with Crippen LogP contribution in [0.3, 0.4) is 0 Å². The van der Waals surface area contributed by atoms with Crippen LogP contribution in [0, 0.1) is 11.7 Å². The molecule has 138 valence electrons. The molecule has 1 fully saturated rings. The Morgan fingerprint density at radius 1 is 1.19 bits per heavy atom. The zero-order valence-electron chi connectivity index (χ0n) is 14.0. The topological polar surface area (TPSA) is 101 Å². The molecule has 2 aromatic rings. The largest absolute Gasteiger partial charge is 0.348 e. The second-order valence-corrected chi connectivity index (χ2v) is 7.98. The van der Waals surface area contributed by atoms with Crippen molar-refractivity contribution in [3.05, 3.63) is 59.9 Å². The van der Waals surface area contributed by atoms with Crippen molar-refractivity contribution < 1.29 is 17.6 Å². The number of halogens is 1. The number of hydrogen-bond acceptors (Lipinski definition) is 4. The number of nitrogens with two attached hydrogens (primary N) is 1. The van der Waals surface area contributed by atoms with E-state index in [2.05, 4.69) is 10.0 Å². The van der Waals surface area contributed by atoms with Crippen LogP contribution in [-0.4, -0.2) is 26.9 Å². The fraction of sp³-hybridized carbons (Fsp3) is 0.278. The van der Waals surface area contributed by atoms with E-state index in [1.165, 1.54) is 30.3 Å². The fourth-order valence-corrected chi connectivity index (χ4v) is 3.76. The average Bonchev–Trinajstić information content (AvgIpc) is 3.46. The smallest absolute Gasteiger partial charge is 0.261 e. The molecule has 26 heavy (non-hydrogen) atoms. The number of carbonyl (C=O) groups excluding carboxylic acids is 1. The number of sulfonamides is 1. The zero-order chi connectivity index (χ0) is 18.7. The molecule has 0 saturated heterocycles. The monoisotopic (exact) mass is 377 g/mol. The van der Waals surface area contributed by atoms with Crippen LogP contribution in [0.25, 0.3) is 0 Å². The third-order valence-corrected chi connectivity index (χ3v) is 5.64. The summed E-state index contributed by atoms with van der Waals surface area (Å²) >= 11 is 0. The number of nitrogens with one attached hydrogen (secondary N) is 2. The van der Waals surface area contributed by atoms with Gasteiger partial charge in [-0.05, 0) is 61.2 Å². The molecule has 1 aliphatic rings. The maximum Gasteiger partial charge on any atom is 0.261 e. The SMILES string of the molecule is NCC(NC(=O)c1cccc(S(=O)(=O)Nc2ccc(F)cc2)c1)C1CC1. The van der Waals surface area contributed by atoms with Crippen molar-refractivity contribution in [3.63, 3.8) is 0 Å². The van der Waals surface area contributed by atoms with Gasteiger partial charge in [0, 0.05) is 23.8 Å². The summed E-state index contributed by atoms with van der Waals surface area (Å²) in [6.45, 7) is 0.348. The molecule has 4 N–H and O–H groups in total. The Morgan fingerprint density at radius 3 is 2.50 bits per heavy atom. The molecule has 0 heterocycles. The number of anilines is 1. The van der Waals surface area contributed by atoms with Crippen molar-refractivity contribution in [2.45, 2.75) is 23.8 Å². The van der Waals surface area contributed by atoms with E-state index in [0.29, 0.717) is 12.5 Å². The van der Waals surface area contributed by atoms with Crippen molar-refractivity contribution in [1.29, 1.82) is 0 Å². The van der Waals surface area contributed by atoms with E-state index in [1.54, 1.807) is 6.07 Å². The number of amides is 1. The molecular formula is C18H20FN3O3S. The summed E-state index contributed by atoms with van der Waals surface area (Å²) in [5, 5.41) is 2.86. The minimum absolute atomic E-state index is 0.0507. The average molecular weight is 377 g/mol. The maximum absolute atomic E-state index is 12.9. The third-order valence-electron chi connectivity index (χ3n) is 4.26. The van der Waals surface area contributed by atoms with E-state index in [9.17, 15) is 17.6 Å². The van der Waals surface area contributed by atoms with Crippen LogP contribution in [0.1, 0.15) is 23.2 Å². The minimum atomic E-state index is -3.90. The van der Waals surface area contributed by atoms with Crippen LogP contribution in [-0.2, 0) is 10.0 Å². The first kappa shape index (κ1) is 18.3. The highest BCUT2D eigenvalue weighted by atomic mass is 32.2. The minimum Gasteiger partial charge on any atom is -0.348 e. The van der Waals surface area contributed by atoms with Gasteiger partial charge in [0.05, 0.1) is 4.90 Å². The highest BCUT2D eigenvalue weighted by molar-refractivity contribution is 7.92. The first-order valence-electron chi connectivity index (χ1n) is 8.28. The lowest BCUT2D eigenvalue weighted by Gasteiger charge is -2.16. The van der Waals surface area contributed by atoms with Crippen LogP contribution in [0.4, 0.5) is 10.1 Å². The molecular weight excluding hydrogens is 357 g/mol. The van der Waals surface area contributed by atoms with Gasteiger partial charge in [-0.15, -0.1) is 0 Å². The third kappa shape index (κ3) is 4.39. The molecule has 1 aliphatic carbocycles. The molecule has 1 atom stereocenters. The van der Waals surface area contributed by atoms with Gasteiger partial charge in [-0.1, -0.05) is 6.07 Å². The van der Waals surface area contributed by atoms with Gasteiger partial charge in [-0.25, -0.2) is 12.8 Å². The fourth-order valence-electron chi connectivity index (χ4n) is 2.66. The predicted octanol–water partition coefficient (Wildman–Crippen LogP) is 2.09. The summed E-state index contributed by atoms with van der Waals surface area (Å²) in [5.41, 5.74) is 6.16. The second kappa shape index (κ2) is 7.43. The first-order valence-corrected chi connectivity index (χ1v) is 9.77. The summed E-state index contributed by atoms with van der Waals surface area (Å²) < 4.78 is 40.3. The van der Waals surface area contributed by atoms with Gasteiger partial charge >= 0.3 is 0 Å². The molecule has 3 rings (SSSR count). The first-order chi connectivity index (χ1) is 12.4. The van der Waals surface area contributed by atoms with Gasteiger partial charge in [-0.3, -0.25) is 9.52 Å². The Labute approximate surface area is 151 Å². The molecule has 0 aromatic heterocycles. The van der Waals surface area contributed by atoms with Gasteiger partial charge in [0.2, 0.25) is 0 Å².